The molecule has 0 atom stereocenters. The minimum Gasteiger partial charge on any atom is -0.327 e. The van der Waals surface area contributed by atoms with E-state index in [9.17, 15) is 14.0 Å². The number of aryl methyl sites for hydroxylation is 2. The van der Waals surface area contributed by atoms with Crippen molar-refractivity contribution in [1.82, 2.24) is 4.90 Å². The fourth-order valence-electron chi connectivity index (χ4n) is 4.13. The van der Waals surface area contributed by atoms with Gasteiger partial charge in [0.15, 0.2) is 6.54 Å². The number of nitrogens with one attached hydrogen (secondary N) is 2. The van der Waals surface area contributed by atoms with E-state index in [4.69, 9.17) is 0 Å². The van der Waals surface area contributed by atoms with Crippen LogP contribution in [0.1, 0.15) is 39.4 Å². The van der Waals surface area contributed by atoms with Gasteiger partial charge in [-0.15, -0.1) is 11.3 Å². The van der Waals surface area contributed by atoms with E-state index in [0.717, 1.165) is 35.7 Å². The molecule has 1 saturated heterocycles. The number of nitrogens with zero attached hydrogens (tertiary/aromatic N) is 1. The second-order valence-electron chi connectivity index (χ2n) is 7.90. The molecule has 2 N–H and O–H groups in total. The van der Waals surface area contributed by atoms with E-state index < -0.39 is 0 Å². The molecule has 154 valence electrons. The smallest absolute Gasteiger partial charge is 0.279 e. The number of fused-ring (bicyclic) bond motifs is 1. The minimum atomic E-state index is -0.367. The molecule has 1 aliphatic heterocycles. The van der Waals surface area contributed by atoms with Crippen LogP contribution in [-0.2, 0) is 17.6 Å². The molecule has 4 rings (SSSR count). The molecule has 0 saturated carbocycles. The highest BCUT2D eigenvalue weighted by Gasteiger charge is 2.27. The Hall–Kier alpha value is -2.25. The number of anilines is 1. The predicted molar refractivity (Wildman–Crippen MR) is 112 cm³/mol. The Bertz CT molecular complexity index is 866. The van der Waals surface area contributed by atoms with E-state index in [1.165, 1.54) is 41.8 Å². The zero-order valence-corrected chi connectivity index (χ0v) is 17.3. The van der Waals surface area contributed by atoms with Gasteiger partial charge in [-0.05, 0) is 55.5 Å². The Balaban J connectivity index is 1.28. The number of amides is 2. The van der Waals surface area contributed by atoms with E-state index in [1.807, 2.05) is 4.90 Å². The number of carbonyl (C=O) groups excluding carboxylic acids is 2. The Morgan fingerprint density at radius 3 is 2.69 bits per heavy atom. The SMILES string of the molecule is O=C(C[NH+]1CCN(C(=O)c2cc3c(s2)CCCCC3)CC1)Nc1cccc(F)c1. The van der Waals surface area contributed by atoms with Gasteiger partial charge >= 0.3 is 0 Å². The maximum absolute atomic E-state index is 13.2. The van der Waals surface area contributed by atoms with Gasteiger partial charge in [0.2, 0.25) is 0 Å². The van der Waals surface area contributed by atoms with Crippen molar-refractivity contribution in [1.29, 1.82) is 0 Å². The van der Waals surface area contributed by atoms with Gasteiger partial charge in [-0.3, -0.25) is 9.59 Å². The van der Waals surface area contributed by atoms with E-state index in [0.29, 0.717) is 25.3 Å². The third-order valence-electron chi connectivity index (χ3n) is 5.73. The largest absolute Gasteiger partial charge is 0.327 e. The van der Waals surface area contributed by atoms with E-state index >= 15 is 0 Å². The molecule has 2 aromatic rings. The zero-order valence-electron chi connectivity index (χ0n) is 16.5. The van der Waals surface area contributed by atoms with Crippen molar-refractivity contribution in [3.8, 4) is 0 Å². The number of rotatable bonds is 4. The summed E-state index contributed by atoms with van der Waals surface area (Å²) in [7, 11) is 0. The van der Waals surface area contributed by atoms with Gasteiger partial charge in [-0.1, -0.05) is 12.5 Å². The molecule has 2 amide bonds. The summed E-state index contributed by atoms with van der Waals surface area (Å²) in [5.74, 6) is -0.369. The highest BCUT2D eigenvalue weighted by atomic mass is 32.1. The highest BCUT2D eigenvalue weighted by Crippen LogP contribution is 2.29. The number of thiophene rings is 1. The average molecular weight is 417 g/mol. The summed E-state index contributed by atoms with van der Waals surface area (Å²) >= 11 is 1.67. The molecule has 2 aliphatic rings. The summed E-state index contributed by atoms with van der Waals surface area (Å²) in [5, 5.41) is 2.74. The molecule has 29 heavy (non-hydrogen) atoms. The number of hydrogen-bond acceptors (Lipinski definition) is 3. The van der Waals surface area contributed by atoms with Gasteiger partial charge < -0.3 is 15.1 Å². The third kappa shape index (κ3) is 5.03. The number of halogens is 1. The maximum Gasteiger partial charge on any atom is 0.279 e. The molecule has 0 bridgehead atoms. The first-order valence-corrected chi connectivity index (χ1v) is 11.2. The van der Waals surface area contributed by atoms with Crippen LogP contribution in [0.4, 0.5) is 10.1 Å². The van der Waals surface area contributed by atoms with Crippen LogP contribution in [-0.4, -0.2) is 49.4 Å². The zero-order chi connectivity index (χ0) is 20.2. The lowest BCUT2D eigenvalue weighted by molar-refractivity contribution is -0.895. The van der Waals surface area contributed by atoms with Crippen LogP contribution in [0.15, 0.2) is 30.3 Å². The first-order valence-electron chi connectivity index (χ1n) is 10.4. The van der Waals surface area contributed by atoms with Crippen LogP contribution >= 0.6 is 11.3 Å². The average Bonchev–Trinajstić information content (AvgIpc) is 2.98. The Labute approximate surface area is 174 Å². The molecule has 0 unspecified atom stereocenters. The van der Waals surface area contributed by atoms with Crippen molar-refractivity contribution in [2.75, 3.05) is 38.0 Å². The monoisotopic (exact) mass is 416 g/mol. The molecule has 0 spiro atoms. The lowest BCUT2D eigenvalue weighted by Crippen LogP contribution is -3.15. The van der Waals surface area contributed by atoms with Gasteiger partial charge in [0.1, 0.15) is 5.82 Å². The van der Waals surface area contributed by atoms with E-state index in [-0.39, 0.29) is 17.6 Å². The number of quaternary nitrogens is 1. The minimum absolute atomic E-state index is 0.131. The van der Waals surface area contributed by atoms with Gasteiger partial charge in [0.25, 0.3) is 11.8 Å². The molecule has 1 aromatic heterocycles. The van der Waals surface area contributed by atoms with Gasteiger partial charge in [0.05, 0.1) is 31.1 Å². The lowest BCUT2D eigenvalue weighted by Gasteiger charge is -2.31. The number of piperazine rings is 1. The van der Waals surface area contributed by atoms with Crippen LogP contribution in [0.5, 0.6) is 0 Å². The van der Waals surface area contributed by atoms with E-state index in [2.05, 4.69) is 11.4 Å². The fraction of sp³-hybridized carbons (Fsp3) is 0.455. The lowest BCUT2D eigenvalue weighted by atomic mass is 10.1. The molecule has 5 nitrogen and oxygen atoms in total. The second-order valence-corrected chi connectivity index (χ2v) is 9.03. The standard InChI is InChI=1S/C22H26FN3O2S/c23-17-6-4-7-18(14-17)24-21(27)15-25-9-11-26(12-10-25)22(28)20-13-16-5-2-1-3-8-19(16)29-20/h4,6-7,13-14H,1-3,5,8-12,15H2,(H,24,27)/p+1. The summed E-state index contributed by atoms with van der Waals surface area (Å²) in [5.41, 5.74) is 1.84. The number of benzene rings is 1. The molecular weight excluding hydrogens is 389 g/mol. The quantitative estimate of drug-likeness (QED) is 0.751. The van der Waals surface area contributed by atoms with Crippen molar-refractivity contribution in [3.05, 3.63) is 51.5 Å². The van der Waals surface area contributed by atoms with Crippen molar-refractivity contribution in [2.45, 2.75) is 32.1 Å². The van der Waals surface area contributed by atoms with Crippen LogP contribution in [0, 0.1) is 5.82 Å². The van der Waals surface area contributed by atoms with Crippen LogP contribution < -0.4 is 10.2 Å². The van der Waals surface area contributed by atoms with Gasteiger partial charge in [0, 0.05) is 10.6 Å². The fourth-order valence-corrected chi connectivity index (χ4v) is 5.35. The topological polar surface area (TPSA) is 53.9 Å². The maximum atomic E-state index is 13.2. The van der Waals surface area contributed by atoms with Crippen LogP contribution in [0.2, 0.25) is 0 Å². The Morgan fingerprint density at radius 2 is 1.90 bits per heavy atom. The van der Waals surface area contributed by atoms with Crippen molar-refractivity contribution < 1.29 is 18.9 Å². The second kappa shape index (κ2) is 9.05. The Kier molecular flexibility index (Phi) is 6.25. The molecule has 1 aliphatic carbocycles. The number of hydrogen-bond donors (Lipinski definition) is 2. The Morgan fingerprint density at radius 1 is 1.10 bits per heavy atom. The van der Waals surface area contributed by atoms with Crippen LogP contribution in [0.3, 0.4) is 0 Å². The third-order valence-corrected chi connectivity index (χ3v) is 6.96. The van der Waals surface area contributed by atoms with Crippen LogP contribution in [0.25, 0.3) is 0 Å². The molecular formula is C22H27FN3O2S+. The molecule has 1 fully saturated rings. The highest BCUT2D eigenvalue weighted by molar-refractivity contribution is 7.14. The molecule has 1 aromatic carbocycles. The summed E-state index contributed by atoms with van der Waals surface area (Å²) in [6.07, 6.45) is 5.92. The molecule has 7 heteroatoms. The van der Waals surface area contributed by atoms with E-state index in [1.54, 1.807) is 23.5 Å². The van der Waals surface area contributed by atoms with Gasteiger partial charge in [-0.25, -0.2) is 4.39 Å². The summed E-state index contributed by atoms with van der Waals surface area (Å²) in [6.45, 7) is 3.13. The normalized spacial score (nSPS) is 17.5. The summed E-state index contributed by atoms with van der Waals surface area (Å²) < 4.78 is 13.2. The van der Waals surface area contributed by atoms with Crippen molar-refractivity contribution in [3.63, 3.8) is 0 Å². The summed E-state index contributed by atoms with van der Waals surface area (Å²) in [4.78, 5) is 30.5. The van der Waals surface area contributed by atoms with Gasteiger partial charge in [-0.2, -0.15) is 0 Å². The predicted octanol–water partition coefficient (Wildman–Crippen LogP) is 2.14. The number of carbonyl (C=O) groups is 2. The summed E-state index contributed by atoms with van der Waals surface area (Å²) in [6, 6.07) is 8.02. The first-order chi connectivity index (χ1) is 14.1. The first kappa shape index (κ1) is 20.0. The molecule has 2 heterocycles. The van der Waals surface area contributed by atoms with Crippen molar-refractivity contribution >= 4 is 28.8 Å². The van der Waals surface area contributed by atoms with Crippen molar-refractivity contribution in [2.24, 2.45) is 0 Å². The molecule has 0 radical (unpaired) electrons.